The average molecular weight is 527 g/mol. The molecule has 0 spiro atoms. The van der Waals surface area contributed by atoms with Gasteiger partial charge >= 0.3 is 0 Å². The minimum Gasteiger partial charge on any atom is -0.354 e. The fourth-order valence-electron chi connectivity index (χ4n) is 3.18. The first-order valence-corrected chi connectivity index (χ1v) is 13.2. The molecule has 1 aromatic carbocycles. The number of aromatic nitrogens is 3. The molecule has 0 aliphatic carbocycles. The maximum absolute atomic E-state index is 12.5. The Bertz CT molecular complexity index is 1280. The lowest BCUT2D eigenvalue weighted by Crippen LogP contribution is -2.37. The molecule has 0 bridgehead atoms. The zero-order valence-electron chi connectivity index (χ0n) is 19.0. The first-order chi connectivity index (χ1) is 16.9. The number of rotatable bonds is 9. The summed E-state index contributed by atoms with van der Waals surface area (Å²) in [4.78, 5) is 42.5. The summed E-state index contributed by atoms with van der Waals surface area (Å²) >= 11 is 3.53. The SMILES string of the molecule is Cc1ccc(Nc2nnc(SCC(=O)NCCN3C(=O)S/C(=C/c4cccnc4)C3=O)s2)c(C)c1. The molecule has 1 fully saturated rings. The summed E-state index contributed by atoms with van der Waals surface area (Å²) in [5.41, 5.74) is 4.00. The van der Waals surface area contributed by atoms with Crippen LogP contribution in [-0.4, -0.2) is 56.0 Å². The molecule has 0 atom stereocenters. The van der Waals surface area contributed by atoms with Crippen molar-refractivity contribution in [2.75, 3.05) is 24.2 Å². The van der Waals surface area contributed by atoms with Gasteiger partial charge in [-0.25, -0.2) is 0 Å². The van der Waals surface area contributed by atoms with E-state index >= 15 is 0 Å². The average Bonchev–Trinajstić information content (AvgIpc) is 3.39. The molecule has 0 saturated carbocycles. The number of hydrogen-bond acceptors (Lipinski definition) is 10. The van der Waals surface area contributed by atoms with Gasteiger partial charge in [0.05, 0.1) is 10.7 Å². The van der Waals surface area contributed by atoms with Crippen LogP contribution in [0.4, 0.5) is 15.6 Å². The highest BCUT2D eigenvalue weighted by atomic mass is 32.2. The smallest absolute Gasteiger partial charge is 0.293 e. The number of thioether (sulfide) groups is 2. The van der Waals surface area contributed by atoms with Crippen molar-refractivity contribution >= 4 is 68.8 Å². The second-order valence-corrected chi connectivity index (χ2v) is 10.8. The number of aryl methyl sites for hydroxylation is 2. The van der Waals surface area contributed by atoms with E-state index in [1.54, 1.807) is 30.6 Å². The molecule has 1 aliphatic rings. The normalized spacial score (nSPS) is 14.6. The van der Waals surface area contributed by atoms with Crippen LogP contribution in [0, 0.1) is 13.8 Å². The lowest BCUT2D eigenvalue weighted by atomic mass is 10.1. The molecule has 3 heterocycles. The number of nitrogens with zero attached hydrogens (tertiary/aromatic N) is 4. The molecule has 4 rings (SSSR count). The van der Waals surface area contributed by atoms with Gasteiger partial charge < -0.3 is 10.6 Å². The van der Waals surface area contributed by atoms with E-state index in [1.165, 1.54) is 28.7 Å². The van der Waals surface area contributed by atoms with Gasteiger partial charge in [0.25, 0.3) is 11.1 Å². The van der Waals surface area contributed by atoms with E-state index in [9.17, 15) is 14.4 Å². The monoisotopic (exact) mass is 526 g/mol. The zero-order valence-corrected chi connectivity index (χ0v) is 21.4. The van der Waals surface area contributed by atoms with E-state index < -0.39 is 0 Å². The number of anilines is 2. The number of carbonyl (C=O) groups is 3. The topological polar surface area (TPSA) is 117 Å². The third-order valence-electron chi connectivity index (χ3n) is 4.87. The van der Waals surface area contributed by atoms with E-state index in [-0.39, 0.29) is 35.9 Å². The van der Waals surface area contributed by atoms with Gasteiger partial charge in [-0.2, -0.15) is 0 Å². The highest BCUT2D eigenvalue weighted by Gasteiger charge is 2.34. The van der Waals surface area contributed by atoms with Gasteiger partial charge in [-0.15, -0.1) is 10.2 Å². The Morgan fingerprint density at radius 1 is 1.20 bits per heavy atom. The molecule has 1 aliphatic heterocycles. The molecule has 1 saturated heterocycles. The van der Waals surface area contributed by atoms with Crippen molar-refractivity contribution in [2.24, 2.45) is 0 Å². The number of carbonyl (C=O) groups excluding carboxylic acids is 3. The summed E-state index contributed by atoms with van der Waals surface area (Å²) in [6, 6.07) is 9.67. The highest BCUT2D eigenvalue weighted by molar-refractivity contribution is 8.18. The van der Waals surface area contributed by atoms with Gasteiger partial charge in [0.2, 0.25) is 11.0 Å². The fraction of sp³-hybridized carbons (Fsp3) is 0.217. The molecule has 2 N–H and O–H groups in total. The lowest BCUT2D eigenvalue weighted by molar-refractivity contribution is -0.123. The van der Waals surface area contributed by atoms with E-state index in [0.29, 0.717) is 14.4 Å². The summed E-state index contributed by atoms with van der Waals surface area (Å²) < 4.78 is 0.666. The Morgan fingerprint density at radius 2 is 2.06 bits per heavy atom. The molecular weight excluding hydrogens is 504 g/mol. The van der Waals surface area contributed by atoms with Gasteiger partial charge in [0, 0.05) is 31.2 Å². The zero-order chi connectivity index (χ0) is 24.8. The van der Waals surface area contributed by atoms with Crippen LogP contribution in [0.15, 0.2) is 52.0 Å². The third-order valence-corrected chi connectivity index (χ3v) is 7.75. The fourth-order valence-corrected chi connectivity index (χ4v) is 5.64. The molecule has 12 heteroatoms. The van der Waals surface area contributed by atoms with Gasteiger partial charge in [-0.05, 0) is 54.9 Å². The first-order valence-electron chi connectivity index (χ1n) is 10.6. The second kappa shape index (κ2) is 11.5. The molecule has 180 valence electrons. The number of nitrogens with one attached hydrogen (secondary N) is 2. The van der Waals surface area contributed by atoms with Crippen molar-refractivity contribution < 1.29 is 14.4 Å². The van der Waals surface area contributed by atoms with Gasteiger partial charge in [0.1, 0.15) is 0 Å². The largest absolute Gasteiger partial charge is 0.354 e. The molecule has 2 aromatic heterocycles. The Balaban J connectivity index is 1.21. The molecule has 35 heavy (non-hydrogen) atoms. The van der Waals surface area contributed by atoms with E-state index in [2.05, 4.69) is 31.9 Å². The maximum Gasteiger partial charge on any atom is 0.293 e. The van der Waals surface area contributed by atoms with Crippen LogP contribution in [0.3, 0.4) is 0 Å². The van der Waals surface area contributed by atoms with Crippen LogP contribution in [0.25, 0.3) is 6.08 Å². The van der Waals surface area contributed by atoms with Crippen LogP contribution >= 0.6 is 34.9 Å². The van der Waals surface area contributed by atoms with Gasteiger partial charge in [0.15, 0.2) is 4.34 Å². The van der Waals surface area contributed by atoms with Crippen LogP contribution < -0.4 is 10.6 Å². The van der Waals surface area contributed by atoms with E-state index in [4.69, 9.17) is 0 Å². The minimum absolute atomic E-state index is 0.105. The molecular formula is C23H22N6O3S3. The maximum atomic E-state index is 12.5. The van der Waals surface area contributed by atoms with Crippen molar-refractivity contribution in [2.45, 2.75) is 18.2 Å². The molecule has 3 aromatic rings. The van der Waals surface area contributed by atoms with Crippen molar-refractivity contribution in [3.63, 3.8) is 0 Å². The second-order valence-electron chi connectivity index (χ2n) is 7.57. The predicted octanol–water partition coefficient (Wildman–Crippen LogP) is 4.24. The highest BCUT2D eigenvalue weighted by Crippen LogP contribution is 2.32. The molecule has 0 unspecified atom stereocenters. The summed E-state index contributed by atoms with van der Waals surface area (Å²) in [7, 11) is 0. The number of hydrogen-bond donors (Lipinski definition) is 2. The van der Waals surface area contributed by atoms with Gasteiger partial charge in [-0.3, -0.25) is 24.3 Å². The summed E-state index contributed by atoms with van der Waals surface area (Å²) in [6.07, 6.45) is 4.89. The number of benzene rings is 1. The van der Waals surface area contributed by atoms with Crippen molar-refractivity contribution in [1.29, 1.82) is 0 Å². The minimum atomic E-state index is -0.370. The Kier molecular flexibility index (Phi) is 8.16. The number of imide groups is 1. The summed E-state index contributed by atoms with van der Waals surface area (Å²) in [6.45, 7) is 4.34. The van der Waals surface area contributed by atoms with Gasteiger partial charge in [-0.1, -0.05) is 46.9 Å². The van der Waals surface area contributed by atoms with Crippen LogP contribution in [0.2, 0.25) is 0 Å². The molecule has 0 radical (unpaired) electrons. The lowest BCUT2D eigenvalue weighted by Gasteiger charge is -2.12. The quantitative estimate of drug-likeness (QED) is 0.312. The summed E-state index contributed by atoms with van der Waals surface area (Å²) in [5.74, 6) is -0.432. The van der Waals surface area contributed by atoms with Crippen LogP contribution in [0.1, 0.15) is 16.7 Å². The van der Waals surface area contributed by atoms with Crippen molar-refractivity contribution in [1.82, 2.24) is 25.4 Å². The van der Waals surface area contributed by atoms with Crippen LogP contribution in [-0.2, 0) is 9.59 Å². The third kappa shape index (κ3) is 6.68. The Morgan fingerprint density at radius 3 is 2.83 bits per heavy atom. The van der Waals surface area contributed by atoms with Crippen LogP contribution in [0.5, 0.6) is 0 Å². The Hall–Kier alpha value is -3.22. The molecule has 3 amide bonds. The van der Waals surface area contributed by atoms with Crippen molar-refractivity contribution in [3.05, 3.63) is 64.3 Å². The Labute approximate surface area is 214 Å². The predicted molar refractivity (Wildman–Crippen MR) is 140 cm³/mol. The standard InChI is InChI=1S/C23H22N6O3S3/c1-14-5-6-17(15(2)10-14)26-21-27-28-22(35-21)33-13-19(30)25-8-9-29-20(31)18(34-23(29)32)11-16-4-3-7-24-12-16/h3-7,10-12H,8-9,13H2,1-2H3,(H,25,30)(H,26,27)/b18-11+. The number of pyridine rings is 1. The molecule has 9 nitrogen and oxygen atoms in total. The number of amides is 3. The first kappa shape index (κ1) is 24.9. The van der Waals surface area contributed by atoms with E-state index in [0.717, 1.165) is 33.5 Å². The summed E-state index contributed by atoms with van der Waals surface area (Å²) in [5, 5.41) is 14.5. The van der Waals surface area contributed by atoms with Crippen molar-refractivity contribution in [3.8, 4) is 0 Å². The van der Waals surface area contributed by atoms with E-state index in [1.807, 2.05) is 26.0 Å².